The van der Waals surface area contributed by atoms with Crippen LogP contribution in [0.1, 0.15) is 37.7 Å². The first-order chi connectivity index (χ1) is 8.75. The average Bonchev–Trinajstić information content (AvgIpc) is 2.47. The Hall–Kier alpha value is -0.120. The van der Waals surface area contributed by atoms with Gasteiger partial charge in [0.2, 0.25) is 0 Å². The Labute approximate surface area is 119 Å². The third-order valence-electron chi connectivity index (χ3n) is 4.18. The van der Waals surface area contributed by atoms with Gasteiger partial charge in [0.05, 0.1) is 0 Å². The van der Waals surface area contributed by atoms with Crippen LogP contribution in [0.3, 0.4) is 0 Å². The van der Waals surface area contributed by atoms with Crippen molar-refractivity contribution in [3.05, 3.63) is 23.8 Å². The summed E-state index contributed by atoms with van der Waals surface area (Å²) in [5.74, 6) is 0. The number of hydrogen-bond donors (Lipinski definition) is 1. The van der Waals surface area contributed by atoms with Crippen molar-refractivity contribution in [2.24, 2.45) is 5.73 Å². The van der Waals surface area contributed by atoms with Gasteiger partial charge in [-0.25, -0.2) is 0 Å². The molecule has 2 rings (SSSR count). The van der Waals surface area contributed by atoms with Crippen LogP contribution in [0, 0.1) is 0 Å². The minimum Gasteiger partial charge on any atom is -0.330 e. The molecule has 1 aliphatic carbocycles. The summed E-state index contributed by atoms with van der Waals surface area (Å²) < 4.78 is 0. The molecule has 1 nitrogen and oxygen atoms in total. The maximum absolute atomic E-state index is 6.15. The number of nitrogens with two attached hydrogens (primary N) is 1. The summed E-state index contributed by atoms with van der Waals surface area (Å²) in [6, 6.07) is 6.91. The van der Waals surface area contributed by atoms with E-state index in [1.165, 1.54) is 47.5 Å². The molecule has 1 saturated carbocycles. The molecule has 1 aliphatic rings. The Morgan fingerprint density at radius 3 is 2.39 bits per heavy atom. The van der Waals surface area contributed by atoms with Crippen molar-refractivity contribution in [1.29, 1.82) is 0 Å². The van der Waals surface area contributed by atoms with E-state index in [2.05, 4.69) is 30.7 Å². The van der Waals surface area contributed by atoms with Gasteiger partial charge in [-0.15, -0.1) is 23.5 Å². The summed E-state index contributed by atoms with van der Waals surface area (Å²) in [5.41, 5.74) is 7.89. The molecule has 2 N–H and O–H groups in total. The molecule has 0 saturated heterocycles. The van der Waals surface area contributed by atoms with Crippen LogP contribution in [-0.4, -0.2) is 19.1 Å². The van der Waals surface area contributed by atoms with Crippen molar-refractivity contribution in [1.82, 2.24) is 0 Å². The van der Waals surface area contributed by atoms with Gasteiger partial charge < -0.3 is 5.73 Å². The zero-order valence-corrected chi connectivity index (χ0v) is 13.0. The fourth-order valence-corrected chi connectivity index (χ4v) is 4.31. The molecule has 1 aromatic rings. The van der Waals surface area contributed by atoms with Crippen molar-refractivity contribution in [3.8, 4) is 0 Å². The lowest BCUT2D eigenvalue weighted by atomic mass is 9.69. The van der Waals surface area contributed by atoms with Crippen molar-refractivity contribution in [2.45, 2.75) is 47.3 Å². The quantitative estimate of drug-likeness (QED) is 0.834. The lowest BCUT2D eigenvalue weighted by Gasteiger charge is -2.38. The van der Waals surface area contributed by atoms with Crippen LogP contribution < -0.4 is 5.73 Å². The molecule has 1 fully saturated rings. The zero-order chi connectivity index (χ0) is 13.0. The summed E-state index contributed by atoms with van der Waals surface area (Å²) in [6.45, 7) is 0.791. The SMILES string of the molecule is CSc1ccc(C2(CN)CCCCC2)c(SC)c1. The van der Waals surface area contributed by atoms with E-state index >= 15 is 0 Å². The van der Waals surface area contributed by atoms with Gasteiger partial charge in [-0.3, -0.25) is 0 Å². The first-order valence-electron chi connectivity index (χ1n) is 6.68. The molecule has 0 amide bonds. The average molecular weight is 281 g/mol. The molecule has 18 heavy (non-hydrogen) atoms. The van der Waals surface area contributed by atoms with E-state index in [1.807, 2.05) is 23.5 Å². The first-order valence-corrected chi connectivity index (χ1v) is 9.13. The van der Waals surface area contributed by atoms with Gasteiger partial charge in [-0.2, -0.15) is 0 Å². The van der Waals surface area contributed by atoms with Crippen LogP contribution in [-0.2, 0) is 5.41 Å². The third kappa shape index (κ3) is 2.73. The van der Waals surface area contributed by atoms with E-state index in [-0.39, 0.29) is 5.41 Å². The smallest absolute Gasteiger partial charge is 0.0118 e. The summed E-state index contributed by atoms with van der Waals surface area (Å²) >= 11 is 3.68. The van der Waals surface area contributed by atoms with E-state index in [0.717, 1.165) is 6.54 Å². The maximum atomic E-state index is 6.15. The highest BCUT2D eigenvalue weighted by Crippen LogP contribution is 2.43. The van der Waals surface area contributed by atoms with Gasteiger partial charge in [0.15, 0.2) is 0 Å². The van der Waals surface area contributed by atoms with E-state index in [9.17, 15) is 0 Å². The topological polar surface area (TPSA) is 26.0 Å². The monoisotopic (exact) mass is 281 g/mol. The second-order valence-corrected chi connectivity index (χ2v) is 6.84. The fourth-order valence-electron chi connectivity index (χ4n) is 3.05. The minimum absolute atomic E-state index is 0.244. The fraction of sp³-hybridized carbons (Fsp3) is 0.600. The Morgan fingerprint density at radius 2 is 1.83 bits per heavy atom. The molecule has 0 heterocycles. The van der Waals surface area contributed by atoms with Crippen LogP contribution in [0.5, 0.6) is 0 Å². The van der Waals surface area contributed by atoms with Crippen molar-refractivity contribution in [2.75, 3.05) is 19.1 Å². The summed E-state index contributed by atoms with van der Waals surface area (Å²) in [4.78, 5) is 2.78. The molecule has 0 aromatic heterocycles. The van der Waals surface area contributed by atoms with Gasteiger partial charge in [-0.05, 0) is 43.0 Å². The van der Waals surface area contributed by atoms with Crippen LogP contribution in [0.15, 0.2) is 28.0 Å². The second kappa shape index (κ2) is 6.36. The van der Waals surface area contributed by atoms with Crippen LogP contribution in [0.25, 0.3) is 0 Å². The number of hydrogen-bond acceptors (Lipinski definition) is 3. The zero-order valence-electron chi connectivity index (χ0n) is 11.4. The number of rotatable bonds is 4. The predicted octanol–water partition coefficient (Wildman–Crippen LogP) is 4.29. The van der Waals surface area contributed by atoms with Crippen LogP contribution in [0.4, 0.5) is 0 Å². The second-order valence-electron chi connectivity index (χ2n) is 5.11. The van der Waals surface area contributed by atoms with Crippen LogP contribution in [0.2, 0.25) is 0 Å². The lowest BCUT2D eigenvalue weighted by molar-refractivity contribution is 0.296. The van der Waals surface area contributed by atoms with E-state index in [0.29, 0.717) is 0 Å². The van der Waals surface area contributed by atoms with Gasteiger partial charge in [0, 0.05) is 21.8 Å². The summed E-state index contributed by atoms with van der Waals surface area (Å²) in [5, 5.41) is 0. The Bertz CT molecular complexity index is 397. The standard InChI is InChI=1S/C15H23NS2/c1-17-12-6-7-13(14(10-12)18-2)15(11-16)8-4-3-5-9-15/h6-7,10H,3-5,8-9,11,16H2,1-2H3. The first kappa shape index (κ1) is 14.3. The Kier molecular flexibility index (Phi) is 5.05. The van der Waals surface area contributed by atoms with Gasteiger partial charge in [0.1, 0.15) is 0 Å². The molecule has 0 bridgehead atoms. The van der Waals surface area contributed by atoms with Crippen molar-refractivity contribution >= 4 is 23.5 Å². The molecule has 1 aromatic carbocycles. The van der Waals surface area contributed by atoms with Gasteiger partial charge in [-0.1, -0.05) is 25.3 Å². The molecular formula is C15H23NS2. The van der Waals surface area contributed by atoms with Gasteiger partial charge in [0.25, 0.3) is 0 Å². The normalized spacial score (nSPS) is 18.8. The molecular weight excluding hydrogens is 258 g/mol. The highest BCUT2D eigenvalue weighted by atomic mass is 32.2. The summed E-state index contributed by atoms with van der Waals surface area (Å²) in [7, 11) is 0. The van der Waals surface area contributed by atoms with E-state index < -0.39 is 0 Å². The molecule has 0 aliphatic heterocycles. The molecule has 0 radical (unpaired) electrons. The predicted molar refractivity (Wildman–Crippen MR) is 83.8 cm³/mol. The molecule has 100 valence electrons. The van der Waals surface area contributed by atoms with E-state index in [1.54, 1.807) is 0 Å². The Morgan fingerprint density at radius 1 is 1.11 bits per heavy atom. The minimum atomic E-state index is 0.244. The molecule has 0 unspecified atom stereocenters. The van der Waals surface area contributed by atoms with Gasteiger partial charge >= 0.3 is 0 Å². The largest absolute Gasteiger partial charge is 0.330 e. The molecule has 3 heteroatoms. The van der Waals surface area contributed by atoms with E-state index in [4.69, 9.17) is 5.73 Å². The van der Waals surface area contributed by atoms with Crippen molar-refractivity contribution < 1.29 is 0 Å². The highest BCUT2D eigenvalue weighted by Gasteiger charge is 2.34. The third-order valence-corrected chi connectivity index (χ3v) is 5.68. The lowest BCUT2D eigenvalue weighted by Crippen LogP contribution is -2.37. The molecule has 0 spiro atoms. The summed E-state index contributed by atoms with van der Waals surface area (Å²) in [6.07, 6.45) is 10.9. The maximum Gasteiger partial charge on any atom is 0.0118 e. The van der Waals surface area contributed by atoms with Crippen LogP contribution >= 0.6 is 23.5 Å². The molecule has 0 atom stereocenters. The Balaban J connectivity index is 2.40. The number of benzene rings is 1. The highest BCUT2D eigenvalue weighted by molar-refractivity contribution is 7.99. The van der Waals surface area contributed by atoms with Crippen molar-refractivity contribution in [3.63, 3.8) is 0 Å². The number of thioether (sulfide) groups is 2.